The van der Waals surface area contributed by atoms with E-state index >= 15 is 0 Å². The lowest BCUT2D eigenvalue weighted by Gasteiger charge is -1.95. The van der Waals surface area contributed by atoms with Gasteiger partial charge in [0.1, 0.15) is 6.07 Å². The van der Waals surface area contributed by atoms with Gasteiger partial charge < -0.3 is 9.73 Å². The van der Waals surface area contributed by atoms with Gasteiger partial charge in [-0.05, 0) is 18.2 Å². The predicted molar refractivity (Wildman–Crippen MR) is 61.2 cm³/mol. The number of halogens is 1. The van der Waals surface area contributed by atoms with Gasteiger partial charge in [-0.15, -0.1) is 0 Å². The zero-order valence-electron chi connectivity index (χ0n) is 8.49. The van der Waals surface area contributed by atoms with Crippen LogP contribution >= 0.6 is 11.6 Å². The quantitative estimate of drug-likeness (QED) is 0.866. The third-order valence-electron chi connectivity index (χ3n) is 2.03. The molecule has 0 amide bonds. The lowest BCUT2D eigenvalue weighted by Crippen LogP contribution is -1.87. The molecule has 1 aromatic carbocycles. The standard InChI is InChI=1S/C11H8ClN3O/c1-14-11-9(6-13)15-10(16-11)7-3-2-4-8(12)5-7/h2-5,14H,1H3. The Balaban J connectivity index is 2.49. The van der Waals surface area contributed by atoms with Gasteiger partial charge >= 0.3 is 0 Å². The molecule has 0 aliphatic heterocycles. The highest BCUT2D eigenvalue weighted by Gasteiger charge is 2.12. The third-order valence-corrected chi connectivity index (χ3v) is 2.27. The summed E-state index contributed by atoms with van der Waals surface area (Å²) in [6, 6.07) is 9.06. The van der Waals surface area contributed by atoms with Gasteiger partial charge in [0.15, 0.2) is 0 Å². The first-order valence-electron chi connectivity index (χ1n) is 4.59. The van der Waals surface area contributed by atoms with E-state index in [9.17, 15) is 0 Å². The molecule has 0 fully saturated rings. The van der Waals surface area contributed by atoms with E-state index in [2.05, 4.69) is 10.3 Å². The summed E-state index contributed by atoms with van der Waals surface area (Å²) in [5, 5.41) is 12.2. The second kappa shape index (κ2) is 4.25. The number of benzene rings is 1. The number of rotatable bonds is 2. The topological polar surface area (TPSA) is 61.9 Å². The van der Waals surface area contributed by atoms with Gasteiger partial charge in [-0.2, -0.15) is 10.2 Å². The number of nitrogens with one attached hydrogen (secondary N) is 1. The van der Waals surface area contributed by atoms with Gasteiger partial charge in [-0.3, -0.25) is 0 Å². The van der Waals surface area contributed by atoms with Crippen LogP contribution in [0.25, 0.3) is 11.5 Å². The number of nitrogens with zero attached hydrogens (tertiary/aromatic N) is 2. The molecule has 4 nitrogen and oxygen atoms in total. The molecule has 0 saturated carbocycles. The molecule has 0 aliphatic rings. The van der Waals surface area contributed by atoms with E-state index in [1.165, 1.54) is 0 Å². The molecule has 2 rings (SSSR count). The summed E-state index contributed by atoms with van der Waals surface area (Å²) < 4.78 is 5.39. The molecule has 1 heterocycles. The van der Waals surface area contributed by atoms with Crippen LogP contribution < -0.4 is 5.32 Å². The highest BCUT2D eigenvalue weighted by molar-refractivity contribution is 6.30. The van der Waals surface area contributed by atoms with Gasteiger partial charge in [0.05, 0.1) is 0 Å². The van der Waals surface area contributed by atoms with Crippen LogP contribution in [-0.2, 0) is 0 Å². The van der Waals surface area contributed by atoms with E-state index < -0.39 is 0 Å². The van der Waals surface area contributed by atoms with Crippen molar-refractivity contribution >= 4 is 17.5 Å². The molecular weight excluding hydrogens is 226 g/mol. The summed E-state index contributed by atoms with van der Waals surface area (Å²) >= 11 is 5.86. The van der Waals surface area contributed by atoms with E-state index in [0.717, 1.165) is 5.56 Å². The van der Waals surface area contributed by atoms with Crippen LogP contribution in [0, 0.1) is 11.3 Å². The Morgan fingerprint density at radius 3 is 2.88 bits per heavy atom. The maximum absolute atomic E-state index is 8.83. The Morgan fingerprint density at radius 2 is 2.31 bits per heavy atom. The molecular formula is C11H8ClN3O. The van der Waals surface area contributed by atoms with Crippen molar-refractivity contribution in [2.45, 2.75) is 0 Å². The molecule has 0 bridgehead atoms. The third kappa shape index (κ3) is 1.86. The lowest BCUT2D eigenvalue weighted by atomic mass is 10.2. The number of anilines is 1. The van der Waals surface area contributed by atoms with Gasteiger partial charge in [-0.1, -0.05) is 17.7 Å². The van der Waals surface area contributed by atoms with Gasteiger partial charge in [-0.25, -0.2) is 0 Å². The van der Waals surface area contributed by atoms with Crippen LogP contribution in [0.15, 0.2) is 28.7 Å². The molecule has 0 spiro atoms. The van der Waals surface area contributed by atoms with Gasteiger partial charge in [0, 0.05) is 17.6 Å². The fourth-order valence-corrected chi connectivity index (χ4v) is 1.50. The zero-order valence-corrected chi connectivity index (χ0v) is 9.25. The van der Waals surface area contributed by atoms with Crippen LogP contribution in [0.2, 0.25) is 5.02 Å². The minimum Gasteiger partial charge on any atom is -0.419 e. The van der Waals surface area contributed by atoms with E-state index in [1.54, 1.807) is 25.2 Å². The second-order valence-electron chi connectivity index (χ2n) is 3.07. The summed E-state index contributed by atoms with van der Waals surface area (Å²) in [6.07, 6.45) is 0. The van der Waals surface area contributed by atoms with Crippen molar-refractivity contribution in [3.05, 3.63) is 35.0 Å². The van der Waals surface area contributed by atoms with Crippen molar-refractivity contribution in [2.24, 2.45) is 0 Å². The Morgan fingerprint density at radius 1 is 1.50 bits per heavy atom. The average Bonchev–Trinajstić information content (AvgIpc) is 2.72. The lowest BCUT2D eigenvalue weighted by molar-refractivity contribution is 0.589. The maximum Gasteiger partial charge on any atom is 0.232 e. The number of hydrogen-bond acceptors (Lipinski definition) is 4. The van der Waals surface area contributed by atoms with E-state index in [1.807, 2.05) is 12.1 Å². The molecule has 1 aromatic heterocycles. The molecule has 0 unspecified atom stereocenters. The minimum absolute atomic E-state index is 0.234. The SMILES string of the molecule is CNc1oc(-c2cccc(Cl)c2)nc1C#N. The normalized spacial score (nSPS) is 9.81. The molecule has 0 atom stereocenters. The molecule has 80 valence electrons. The van der Waals surface area contributed by atoms with Gasteiger partial charge in [0.25, 0.3) is 0 Å². The fraction of sp³-hybridized carbons (Fsp3) is 0.0909. The van der Waals surface area contributed by atoms with E-state index in [4.69, 9.17) is 21.3 Å². The molecule has 0 radical (unpaired) electrons. The Kier molecular flexibility index (Phi) is 2.80. The van der Waals surface area contributed by atoms with Crippen LogP contribution in [0.4, 0.5) is 5.88 Å². The molecule has 0 aliphatic carbocycles. The molecule has 5 heteroatoms. The molecule has 16 heavy (non-hydrogen) atoms. The fourth-order valence-electron chi connectivity index (χ4n) is 1.31. The van der Waals surface area contributed by atoms with E-state index in [-0.39, 0.29) is 5.69 Å². The number of hydrogen-bond donors (Lipinski definition) is 1. The first-order valence-corrected chi connectivity index (χ1v) is 4.97. The Hall–Kier alpha value is -1.99. The van der Waals surface area contributed by atoms with Gasteiger partial charge in [0.2, 0.25) is 17.5 Å². The summed E-state index contributed by atoms with van der Waals surface area (Å²) in [5.41, 5.74) is 0.975. The maximum atomic E-state index is 8.83. The van der Waals surface area contributed by atoms with E-state index in [0.29, 0.717) is 16.8 Å². The molecule has 2 aromatic rings. The Bertz CT molecular complexity index is 557. The predicted octanol–water partition coefficient (Wildman–Crippen LogP) is 2.91. The number of nitriles is 1. The zero-order chi connectivity index (χ0) is 11.5. The van der Waals surface area contributed by atoms with Crippen LogP contribution in [-0.4, -0.2) is 12.0 Å². The van der Waals surface area contributed by atoms with Crippen molar-refractivity contribution in [3.8, 4) is 17.5 Å². The highest BCUT2D eigenvalue weighted by atomic mass is 35.5. The van der Waals surface area contributed by atoms with Crippen LogP contribution in [0.5, 0.6) is 0 Å². The summed E-state index contributed by atoms with van der Waals surface area (Å²) in [6.45, 7) is 0. The number of oxazole rings is 1. The largest absolute Gasteiger partial charge is 0.419 e. The smallest absolute Gasteiger partial charge is 0.232 e. The van der Waals surface area contributed by atoms with Crippen molar-refractivity contribution in [1.82, 2.24) is 4.98 Å². The molecule has 0 saturated heterocycles. The highest BCUT2D eigenvalue weighted by Crippen LogP contribution is 2.26. The average molecular weight is 234 g/mol. The van der Waals surface area contributed by atoms with Crippen molar-refractivity contribution < 1.29 is 4.42 Å². The van der Waals surface area contributed by atoms with Crippen LogP contribution in [0.1, 0.15) is 5.69 Å². The first-order chi connectivity index (χ1) is 7.74. The first kappa shape index (κ1) is 10.5. The van der Waals surface area contributed by atoms with Crippen molar-refractivity contribution in [3.63, 3.8) is 0 Å². The monoisotopic (exact) mass is 233 g/mol. The number of aromatic nitrogens is 1. The molecule has 1 N–H and O–H groups in total. The van der Waals surface area contributed by atoms with Crippen molar-refractivity contribution in [1.29, 1.82) is 5.26 Å². The second-order valence-corrected chi connectivity index (χ2v) is 3.51. The Labute approximate surface area is 97.5 Å². The van der Waals surface area contributed by atoms with Crippen LogP contribution in [0.3, 0.4) is 0 Å². The van der Waals surface area contributed by atoms with Crippen molar-refractivity contribution in [2.75, 3.05) is 12.4 Å². The summed E-state index contributed by atoms with van der Waals surface area (Å²) in [5.74, 6) is 0.737. The summed E-state index contributed by atoms with van der Waals surface area (Å²) in [4.78, 5) is 4.06. The minimum atomic E-state index is 0.234. The summed E-state index contributed by atoms with van der Waals surface area (Å²) in [7, 11) is 1.67.